The topological polar surface area (TPSA) is 81.3 Å². The number of hydrogen-bond donors (Lipinski definition) is 2. The molecular weight excluding hydrogens is 348 g/mol. The highest BCUT2D eigenvalue weighted by molar-refractivity contribution is 7.91. The van der Waals surface area contributed by atoms with Gasteiger partial charge in [0.15, 0.2) is 9.79 Å². The standard InChI is InChI=1S/C20H24N2O3S/c1-13(2)21-19(23)15-9-5-7-11-17(15)26(25)18-12-8-6-10-16(18)20(24)22-14(3)4/h5-14H,1-4H3,(H,21,23)(H,22,24). The molecule has 0 saturated carbocycles. The van der Waals surface area contributed by atoms with Crippen molar-refractivity contribution < 1.29 is 14.1 Å². The van der Waals surface area contributed by atoms with Crippen LogP contribution in [0.2, 0.25) is 0 Å². The van der Waals surface area contributed by atoms with E-state index < -0.39 is 11.2 Å². The molecule has 138 valence electrons. The quantitative estimate of drug-likeness (QED) is 0.765. The molecule has 2 aromatic carbocycles. The average Bonchev–Trinajstić information content (AvgIpc) is 2.60. The van der Waals surface area contributed by atoms with Crippen LogP contribution >= 0.6 is 0 Å². The highest BCUT2D eigenvalue weighted by Crippen LogP contribution is 2.27. The Bertz CT molecular complexity index is 725. The van der Waals surface area contributed by atoms with Crippen LogP contribution in [0.3, 0.4) is 0 Å². The summed E-state index contributed by atoms with van der Waals surface area (Å²) in [5, 5.41) is 5.63. The fourth-order valence-electron chi connectivity index (χ4n) is 2.43. The van der Waals surface area contributed by atoms with Gasteiger partial charge in [-0.3, -0.25) is 9.59 Å². The molecule has 0 aliphatic carbocycles. The second-order valence-electron chi connectivity index (χ2n) is 6.52. The van der Waals surface area contributed by atoms with Gasteiger partial charge in [-0.1, -0.05) is 24.3 Å². The third-order valence-corrected chi connectivity index (χ3v) is 5.01. The maximum atomic E-state index is 13.2. The molecule has 0 atom stereocenters. The maximum absolute atomic E-state index is 13.2. The molecular formula is C20H24N2O3S. The van der Waals surface area contributed by atoms with Gasteiger partial charge in [0.1, 0.15) is 0 Å². The molecule has 26 heavy (non-hydrogen) atoms. The lowest BCUT2D eigenvalue weighted by Gasteiger charge is -2.17. The van der Waals surface area contributed by atoms with Gasteiger partial charge in [-0.05, 0) is 52.0 Å². The van der Waals surface area contributed by atoms with Crippen molar-refractivity contribution in [2.24, 2.45) is 0 Å². The lowest BCUT2D eigenvalue weighted by molar-refractivity contribution is 0.0932. The van der Waals surface area contributed by atoms with E-state index in [2.05, 4.69) is 10.6 Å². The second-order valence-corrected chi connectivity index (χ2v) is 7.93. The second kappa shape index (κ2) is 8.87. The monoisotopic (exact) mass is 372 g/mol. The molecule has 0 saturated heterocycles. The zero-order valence-electron chi connectivity index (χ0n) is 15.4. The van der Waals surface area contributed by atoms with Gasteiger partial charge in [0.2, 0.25) is 0 Å². The van der Waals surface area contributed by atoms with Crippen molar-refractivity contribution in [1.29, 1.82) is 0 Å². The van der Waals surface area contributed by atoms with E-state index in [1.54, 1.807) is 48.5 Å². The lowest BCUT2D eigenvalue weighted by atomic mass is 10.2. The lowest BCUT2D eigenvalue weighted by Crippen LogP contribution is -2.32. The van der Waals surface area contributed by atoms with E-state index in [9.17, 15) is 14.1 Å². The first kappa shape index (κ1) is 20.0. The van der Waals surface area contributed by atoms with Crippen molar-refractivity contribution in [3.8, 4) is 0 Å². The van der Waals surface area contributed by atoms with Crippen LogP contribution < -0.4 is 10.6 Å². The Labute approximate surface area is 157 Å². The van der Waals surface area contributed by atoms with E-state index in [1.165, 1.54) is 0 Å². The van der Waals surface area contributed by atoms with Crippen LogP contribution in [0, 0.1) is 0 Å². The summed E-state index contributed by atoms with van der Waals surface area (Å²) in [7, 11) is 0. The molecule has 0 spiro atoms. The molecule has 2 rings (SSSR count). The molecule has 2 aromatic rings. The van der Waals surface area contributed by atoms with Crippen molar-refractivity contribution >= 4 is 23.0 Å². The SMILES string of the molecule is CC(C)NC(=O)c1ccccc1[S+]([O-])c1ccccc1C(=O)NC(C)C. The van der Waals surface area contributed by atoms with Crippen LogP contribution in [-0.2, 0) is 11.2 Å². The normalized spacial score (nSPS) is 11.1. The minimum Gasteiger partial charge on any atom is -0.606 e. The molecule has 0 radical (unpaired) electrons. The van der Waals surface area contributed by atoms with E-state index >= 15 is 0 Å². The summed E-state index contributed by atoms with van der Waals surface area (Å²) in [4.78, 5) is 25.7. The molecule has 5 nitrogen and oxygen atoms in total. The smallest absolute Gasteiger partial charge is 0.256 e. The molecule has 0 bridgehead atoms. The molecule has 0 aliphatic rings. The summed E-state index contributed by atoms with van der Waals surface area (Å²) >= 11 is -1.66. The predicted molar refractivity (Wildman–Crippen MR) is 103 cm³/mol. The third-order valence-electron chi connectivity index (χ3n) is 3.50. The molecule has 0 fully saturated rings. The Morgan fingerprint density at radius 3 is 1.46 bits per heavy atom. The fourth-order valence-corrected chi connectivity index (χ4v) is 3.79. The van der Waals surface area contributed by atoms with Gasteiger partial charge in [0, 0.05) is 23.3 Å². The van der Waals surface area contributed by atoms with E-state index in [-0.39, 0.29) is 23.9 Å². The molecule has 0 aromatic heterocycles. The number of amides is 2. The Morgan fingerprint density at radius 2 is 1.12 bits per heavy atom. The third kappa shape index (κ3) is 4.86. The minimum absolute atomic E-state index is 0.0342. The van der Waals surface area contributed by atoms with Gasteiger partial charge >= 0.3 is 0 Å². The largest absolute Gasteiger partial charge is 0.606 e. The van der Waals surface area contributed by atoms with Gasteiger partial charge in [-0.15, -0.1) is 0 Å². The predicted octanol–water partition coefficient (Wildman–Crippen LogP) is 3.13. The van der Waals surface area contributed by atoms with Gasteiger partial charge in [-0.25, -0.2) is 0 Å². The maximum Gasteiger partial charge on any atom is 0.256 e. The van der Waals surface area contributed by atoms with Gasteiger partial charge in [0.25, 0.3) is 11.8 Å². The number of carbonyl (C=O) groups is 2. The minimum atomic E-state index is -1.66. The van der Waals surface area contributed by atoms with Crippen molar-refractivity contribution in [2.45, 2.75) is 49.6 Å². The zero-order chi connectivity index (χ0) is 19.3. The molecule has 2 N–H and O–H groups in total. The van der Waals surface area contributed by atoms with Crippen LogP contribution in [0.25, 0.3) is 0 Å². The number of hydrogen-bond acceptors (Lipinski definition) is 3. The molecule has 2 amide bonds. The summed E-state index contributed by atoms with van der Waals surface area (Å²) < 4.78 is 13.2. The van der Waals surface area contributed by atoms with Crippen molar-refractivity contribution in [3.63, 3.8) is 0 Å². The van der Waals surface area contributed by atoms with Gasteiger partial charge in [-0.2, -0.15) is 0 Å². The first-order valence-corrected chi connectivity index (χ1v) is 9.67. The number of benzene rings is 2. The van der Waals surface area contributed by atoms with E-state index in [0.717, 1.165) is 0 Å². The first-order chi connectivity index (χ1) is 12.3. The van der Waals surface area contributed by atoms with Crippen LogP contribution in [0.1, 0.15) is 48.4 Å². The summed E-state index contributed by atoms with van der Waals surface area (Å²) in [6, 6.07) is 13.4. The summed E-state index contributed by atoms with van der Waals surface area (Å²) in [5.41, 5.74) is 0.692. The average molecular weight is 372 g/mol. The van der Waals surface area contributed by atoms with Crippen LogP contribution in [0.15, 0.2) is 58.3 Å². The number of carbonyl (C=O) groups excluding carboxylic acids is 2. The fraction of sp³-hybridized carbons (Fsp3) is 0.300. The van der Waals surface area contributed by atoms with Crippen LogP contribution in [-0.4, -0.2) is 28.5 Å². The Morgan fingerprint density at radius 1 is 0.769 bits per heavy atom. The number of rotatable bonds is 6. The summed E-state index contributed by atoms with van der Waals surface area (Å²) in [6.07, 6.45) is 0. The van der Waals surface area contributed by atoms with Crippen molar-refractivity contribution in [3.05, 3.63) is 59.7 Å². The van der Waals surface area contributed by atoms with Crippen molar-refractivity contribution in [2.75, 3.05) is 0 Å². The van der Waals surface area contributed by atoms with E-state index in [4.69, 9.17) is 0 Å². The van der Waals surface area contributed by atoms with Gasteiger partial charge < -0.3 is 15.2 Å². The van der Waals surface area contributed by atoms with Crippen molar-refractivity contribution in [1.82, 2.24) is 10.6 Å². The van der Waals surface area contributed by atoms with Crippen LogP contribution in [0.4, 0.5) is 0 Å². The molecule has 0 aliphatic heterocycles. The highest BCUT2D eigenvalue weighted by atomic mass is 32.2. The highest BCUT2D eigenvalue weighted by Gasteiger charge is 2.27. The molecule has 0 unspecified atom stereocenters. The Hall–Kier alpha value is -2.31. The molecule has 0 heterocycles. The first-order valence-electron chi connectivity index (χ1n) is 8.52. The molecule has 6 heteroatoms. The zero-order valence-corrected chi connectivity index (χ0v) is 16.2. The summed E-state index contributed by atoms with van der Waals surface area (Å²) in [6.45, 7) is 7.46. The van der Waals surface area contributed by atoms with Gasteiger partial charge in [0.05, 0.1) is 11.1 Å². The van der Waals surface area contributed by atoms with Crippen LogP contribution in [0.5, 0.6) is 0 Å². The van der Waals surface area contributed by atoms with E-state index in [1.807, 2.05) is 27.7 Å². The van der Waals surface area contributed by atoms with E-state index in [0.29, 0.717) is 20.9 Å². The Kier molecular flexibility index (Phi) is 6.83. The number of nitrogens with one attached hydrogen (secondary N) is 2. The summed E-state index contributed by atoms with van der Waals surface area (Å²) in [5.74, 6) is -0.568. The Balaban J connectivity index is 2.43.